The molecule has 4 nitrogen and oxygen atoms in total. The summed E-state index contributed by atoms with van der Waals surface area (Å²) in [4.78, 5) is 7.30. The van der Waals surface area contributed by atoms with E-state index in [-0.39, 0.29) is 6.10 Å². The van der Waals surface area contributed by atoms with E-state index in [0.717, 1.165) is 40.5 Å². The first kappa shape index (κ1) is 15.2. The lowest BCUT2D eigenvalue weighted by molar-refractivity contribution is 0.242. The molecular weight excluding hydrogens is 318 g/mol. The van der Waals surface area contributed by atoms with Gasteiger partial charge in [0.1, 0.15) is 5.75 Å². The first-order valence-electron chi connectivity index (χ1n) is 8.33. The van der Waals surface area contributed by atoms with Crippen LogP contribution in [-0.2, 0) is 19.3 Å². The van der Waals surface area contributed by atoms with Gasteiger partial charge >= 0.3 is 0 Å². The molecule has 0 N–H and O–H groups in total. The fraction of sp³-hybridized carbons (Fsp3) is 0.368. The minimum Gasteiger partial charge on any atom is -0.491 e. The molecule has 1 aliphatic rings. The Morgan fingerprint density at radius 2 is 2.08 bits per heavy atom. The number of ether oxygens (including phenoxy) is 1. The predicted molar refractivity (Wildman–Crippen MR) is 95.6 cm³/mol. The summed E-state index contributed by atoms with van der Waals surface area (Å²) in [6, 6.07) is 10.3. The van der Waals surface area contributed by atoms with Crippen LogP contribution in [0.15, 0.2) is 24.3 Å². The normalized spacial score (nSPS) is 13.4. The van der Waals surface area contributed by atoms with E-state index in [1.165, 1.54) is 17.0 Å². The number of hydrogen-bond donors (Lipinski definition) is 0. The fourth-order valence-electron chi connectivity index (χ4n) is 3.37. The number of aromatic nitrogens is 2. The van der Waals surface area contributed by atoms with Crippen LogP contribution in [-0.4, -0.2) is 15.5 Å². The lowest BCUT2D eigenvalue weighted by Crippen LogP contribution is -2.05. The van der Waals surface area contributed by atoms with Crippen molar-refractivity contribution in [1.82, 2.24) is 9.38 Å². The van der Waals surface area contributed by atoms with Crippen LogP contribution in [0.4, 0.5) is 0 Å². The van der Waals surface area contributed by atoms with E-state index in [9.17, 15) is 5.26 Å². The summed E-state index contributed by atoms with van der Waals surface area (Å²) >= 11 is 1.77. The third-order valence-corrected chi connectivity index (χ3v) is 5.45. The molecule has 1 aromatic carbocycles. The van der Waals surface area contributed by atoms with Crippen LogP contribution < -0.4 is 4.74 Å². The number of thiazole rings is 1. The zero-order valence-corrected chi connectivity index (χ0v) is 14.7. The monoisotopic (exact) mass is 337 g/mol. The molecule has 0 spiro atoms. The van der Waals surface area contributed by atoms with E-state index in [1.54, 1.807) is 11.3 Å². The summed E-state index contributed by atoms with van der Waals surface area (Å²) in [5.74, 6) is 0.859. The van der Waals surface area contributed by atoms with Gasteiger partial charge in [-0.15, -0.1) is 11.3 Å². The molecule has 0 amide bonds. The second-order valence-corrected chi connectivity index (χ2v) is 7.44. The topological polar surface area (TPSA) is 50.3 Å². The molecule has 1 aliphatic carbocycles. The Labute approximate surface area is 145 Å². The van der Waals surface area contributed by atoms with Crippen LogP contribution in [0, 0.1) is 11.3 Å². The molecule has 0 unspecified atom stereocenters. The van der Waals surface area contributed by atoms with E-state index in [1.807, 2.05) is 38.1 Å². The largest absolute Gasteiger partial charge is 0.491 e. The van der Waals surface area contributed by atoms with Gasteiger partial charge < -0.3 is 4.74 Å². The summed E-state index contributed by atoms with van der Waals surface area (Å²) in [7, 11) is 0. The molecule has 0 saturated carbocycles. The van der Waals surface area contributed by atoms with Gasteiger partial charge in [0.15, 0.2) is 4.96 Å². The molecular formula is C19H19N3OS. The number of benzene rings is 1. The Bertz CT molecular complexity index is 928. The molecule has 0 atom stereocenters. The van der Waals surface area contributed by atoms with Crippen molar-refractivity contribution >= 4 is 16.3 Å². The molecule has 0 aliphatic heterocycles. The van der Waals surface area contributed by atoms with Gasteiger partial charge in [-0.1, -0.05) is 0 Å². The molecule has 2 aromatic heterocycles. The van der Waals surface area contributed by atoms with E-state index < -0.39 is 0 Å². The highest BCUT2D eigenvalue weighted by atomic mass is 32.1. The standard InChI is InChI=1S/C19H19N3OS/c1-12(2)23-14-8-6-13(7-9-14)18-16(10-11-20)22-15-4-3-5-17(15)24-19(22)21-18/h6-9,12H,3-5,10H2,1-2H3. The van der Waals surface area contributed by atoms with Crippen molar-refractivity contribution in [3.63, 3.8) is 0 Å². The lowest BCUT2D eigenvalue weighted by atomic mass is 10.1. The van der Waals surface area contributed by atoms with Crippen LogP contribution in [0.3, 0.4) is 0 Å². The summed E-state index contributed by atoms with van der Waals surface area (Å²) in [6.45, 7) is 4.03. The summed E-state index contributed by atoms with van der Waals surface area (Å²) in [5, 5.41) is 9.29. The Morgan fingerprint density at radius 3 is 2.79 bits per heavy atom. The van der Waals surface area contributed by atoms with Gasteiger partial charge in [-0.2, -0.15) is 5.26 Å². The van der Waals surface area contributed by atoms with Gasteiger partial charge in [0, 0.05) is 16.1 Å². The van der Waals surface area contributed by atoms with Gasteiger partial charge in [0.25, 0.3) is 0 Å². The first-order valence-corrected chi connectivity index (χ1v) is 9.15. The van der Waals surface area contributed by atoms with E-state index in [0.29, 0.717) is 6.42 Å². The maximum Gasteiger partial charge on any atom is 0.194 e. The highest BCUT2D eigenvalue weighted by Gasteiger charge is 2.24. The highest BCUT2D eigenvalue weighted by Crippen LogP contribution is 2.36. The maximum atomic E-state index is 9.29. The summed E-state index contributed by atoms with van der Waals surface area (Å²) in [5.41, 5.74) is 4.34. The number of nitriles is 1. The zero-order chi connectivity index (χ0) is 16.7. The maximum absolute atomic E-state index is 9.29. The van der Waals surface area contributed by atoms with E-state index in [2.05, 4.69) is 10.5 Å². The first-order chi connectivity index (χ1) is 11.7. The molecule has 0 radical (unpaired) electrons. The predicted octanol–water partition coefficient (Wildman–Crippen LogP) is 4.40. The second-order valence-electron chi connectivity index (χ2n) is 6.38. The number of fused-ring (bicyclic) bond motifs is 3. The Morgan fingerprint density at radius 1 is 1.29 bits per heavy atom. The van der Waals surface area contributed by atoms with Gasteiger partial charge in [-0.3, -0.25) is 4.40 Å². The van der Waals surface area contributed by atoms with Crippen molar-refractivity contribution < 1.29 is 4.74 Å². The minimum absolute atomic E-state index is 0.158. The number of hydrogen-bond acceptors (Lipinski definition) is 4. The molecule has 3 aromatic rings. The SMILES string of the molecule is CC(C)Oc1ccc(-c2nc3sc4c(n3c2CC#N)CCC4)cc1. The Hall–Kier alpha value is -2.32. The van der Waals surface area contributed by atoms with Crippen molar-refractivity contribution in [2.75, 3.05) is 0 Å². The van der Waals surface area contributed by atoms with Gasteiger partial charge in [-0.05, 0) is 57.4 Å². The summed E-state index contributed by atoms with van der Waals surface area (Å²) < 4.78 is 7.94. The average molecular weight is 337 g/mol. The van der Waals surface area contributed by atoms with E-state index >= 15 is 0 Å². The Balaban J connectivity index is 1.80. The van der Waals surface area contributed by atoms with Crippen molar-refractivity contribution in [2.24, 2.45) is 0 Å². The Kier molecular flexibility index (Phi) is 3.78. The molecule has 0 bridgehead atoms. The lowest BCUT2D eigenvalue weighted by Gasteiger charge is -2.10. The molecule has 0 fully saturated rings. The molecule has 5 heteroatoms. The zero-order valence-electron chi connectivity index (χ0n) is 13.9. The molecule has 0 saturated heterocycles. The van der Waals surface area contributed by atoms with Crippen molar-refractivity contribution in [3.05, 3.63) is 40.5 Å². The van der Waals surface area contributed by atoms with Crippen LogP contribution in [0.2, 0.25) is 0 Å². The number of rotatable bonds is 4. The van der Waals surface area contributed by atoms with E-state index in [4.69, 9.17) is 9.72 Å². The molecule has 2 heterocycles. The number of imidazole rings is 1. The smallest absolute Gasteiger partial charge is 0.194 e. The van der Waals surface area contributed by atoms with Crippen molar-refractivity contribution in [1.29, 1.82) is 5.26 Å². The van der Waals surface area contributed by atoms with Crippen LogP contribution in [0.25, 0.3) is 16.2 Å². The van der Waals surface area contributed by atoms with Gasteiger partial charge in [-0.25, -0.2) is 4.98 Å². The van der Waals surface area contributed by atoms with Crippen LogP contribution in [0.1, 0.15) is 36.5 Å². The molecule has 24 heavy (non-hydrogen) atoms. The second kappa shape index (κ2) is 5.95. The number of nitrogens with zero attached hydrogens (tertiary/aromatic N) is 3. The molecule has 122 valence electrons. The van der Waals surface area contributed by atoms with Crippen molar-refractivity contribution in [2.45, 2.75) is 45.6 Å². The quantitative estimate of drug-likeness (QED) is 0.709. The summed E-state index contributed by atoms with van der Waals surface area (Å²) in [6.07, 6.45) is 3.98. The molecule has 4 rings (SSSR count). The fourth-order valence-corrected chi connectivity index (χ4v) is 4.59. The van der Waals surface area contributed by atoms with Gasteiger partial charge in [0.2, 0.25) is 0 Å². The highest BCUT2D eigenvalue weighted by molar-refractivity contribution is 7.17. The van der Waals surface area contributed by atoms with Crippen LogP contribution in [0.5, 0.6) is 5.75 Å². The minimum atomic E-state index is 0.158. The van der Waals surface area contributed by atoms with Gasteiger partial charge in [0.05, 0.1) is 30.0 Å². The van der Waals surface area contributed by atoms with Crippen LogP contribution >= 0.6 is 11.3 Å². The van der Waals surface area contributed by atoms with Crippen molar-refractivity contribution in [3.8, 4) is 23.1 Å². The number of aryl methyl sites for hydroxylation is 2. The third kappa shape index (κ3) is 2.47. The average Bonchev–Trinajstić information content (AvgIpc) is 3.20. The third-order valence-electron chi connectivity index (χ3n) is 4.31.